The number of rotatable bonds is 5. The predicted octanol–water partition coefficient (Wildman–Crippen LogP) is -0.785. The van der Waals surface area contributed by atoms with Gasteiger partial charge in [0.25, 0.3) is 0 Å². The first-order chi connectivity index (χ1) is 13.3. The van der Waals surface area contributed by atoms with E-state index in [0.29, 0.717) is 5.65 Å². The molecule has 1 saturated heterocycles. The largest absolute Gasteiger partial charge is 0.463 e. The van der Waals surface area contributed by atoms with Gasteiger partial charge in [-0.3, -0.25) is 19.0 Å². The first-order valence-corrected chi connectivity index (χ1v) is 8.32. The van der Waals surface area contributed by atoms with Gasteiger partial charge in [0.05, 0.1) is 0 Å². The Kier molecular flexibility index (Phi) is 5.40. The molecule has 0 N–H and O–H groups in total. The van der Waals surface area contributed by atoms with E-state index in [9.17, 15) is 19.2 Å². The second-order valence-corrected chi connectivity index (χ2v) is 6.08. The molecule has 0 bridgehead atoms. The Hall–Kier alpha value is -3.28. The molecule has 0 aromatic carbocycles. The maximum absolute atomic E-state index is 12.7. The zero-order valence-corrected chi connectivity index (χ0v) is 15.3. The Morgan fingerprint density at radius 3 is 2.43 bits per heavy atom. The average Bonchev–Trinajstić information content (AvgIpc) is 3.19. The Morgan fingerprint density at radius 2 is 1.79 bits per heavy atom. The van der Waals surface area contributed by atoms with Crippen LogP contribution in [-0.2, 0) is 33.3 Å². The molecule has 2 aromatic heterocycles. The van der Waals surface area contributed by atoms with E-state index in [2.05, 4.69) is 10.2 Å². The molecule has 3 heterocycles. The number of fused-ring (bicyclic) bond motifs is 1. The molecule has 2 aromatic rings. The van der Waals surface area contributed by atoms with Crippen LogP contribution in [0.1, 0.15) is 27.0 Å². The van der Waals surface area contributed by atoms with Crippen molar-refractivity contribution in [3.05, 3.63) is 29.1 Å². The number of carbonyl (C=O) groups is 3. The smallest absolute Gasteiger partial charge is 0.337 e. The molecule has 0 unspecified atom stereocenters. The van der Waals surface area contributed by atoms with Crippen molar-refractivity contribution in [1.29, 1.82) is 0 Å². The maximum atomic E-state index is 12.7. The lowest BCUT2D eigenvalue weighted by molar-refractivity contribution is -0.166. The lowest BCUT2D eigenvalue weighted by Crippen LogP contribution is -2.42. The lowest BCUT2D eigenvalue weighted by Gasteiger charge is -2.23. The highest BCUT2D eigenvalue weighted by atomic mass is 16.7. The van der Waals surface area contributed by atoms with Gasteiger partial charge >= 0.3 is 23.6 Å². The van der Waals surface area contributed by atoms with Crippen LogP contribution in [0.3, 0.4) is 0 Å². The Balaban J connectivity index is 2.01. The van der Waals surface area contributed by atoms with Crippen LogP contribution in [0, 0.1) is 0 Å². The molecule has 1 fully saturated rings. The monoisotopic (exact) mass is 394 g/mol. The summed E-state index contributed by atoms with van der Waals surface area (Å²) in [4.78, 5) is 47.1. The third-order valence-corrected chi connectivity index (χ3v) is 4.00. The first-order valence-electron chi connectivity index (χ1n) is 8.32. The number of ether oxygens (including phenoxy) is 4. The fraction of sp³-hybridized carbons (Fsp3) is 0.500. The van der Waals surface area contributed by atoms with Crippen LogP contribution in [0.5, 0.6) is 0 Å². The van der Waals surface area contributed by atoms with E-state index < -0.39 is 48.1 Å². The number of nitrogens with zero attached hydrogens (tertiary/aromatic N) is 4. The summed E-state index contributed by atoms with van der Waals surface area (Å²) in [6.45, 7) is 3.30. The van der Waals surface area contributed by atoms with Crippen molar-refractivity contribution >= 4 is 23.6 Å². The van der Waals surface area contributed by atoms with E-state index in [-0.39, 0.29) is 6.61 Å². The molecule has 0 saturated carbocycles. The third-order valence-electron chi connectivity index (χ3n) is 4.00. The van der Waals surface area contributed by atoms with E-state index in [1.807, 2.05) is 0 Å². The minimum absolute atomic E-state index is 0.259. The van der Waals surface area contributed by atoms with Gasteiger partial charge in [-0.15, -0.1) is 10.2 Å². The van der Waals surface area contributed by atoms with Gasteiger partial charge < -0.3 is 18.9 Å². The van der Waals surface area contributed by atoms with E-state index in [1.165, 1.54) is 43.8 Å². The van der Waals surface area contributed by atoms with Gasteiger partial charge in [0.15, 0.2) is 24.1 Å². The highest BCUT2D eigenvalue weighted by molar-refractivity contribution is 5.68. The minimum Gasteiger partial charge on any atom is -0.463 e. The quantitative estimate of drug-likeness (QED) is 0.468. The van der Waals surface area contributed by atoms with Gasteiger partial charge in [0.1, 0.15) is 19.0 Å². The molecule has 150 valence electrons. The first kappa shape index (κ1) is 19.5. The summed E-state index contributed by atoms with van der Waals surface area (Å²) in [5.41, 5.74) is -0.240. The van der Waals surface area contributed by atoms with Crippen molar-refractivity contribution in [2.24, 2.45) is 0 Å². The standard InChI is InChI=1S/C16H18N4O8/c1-8(21)25-6-11-13(26-9(2)22)14(27-10(3)23)15(28-11)19-5-4-12-18-17-7-20(12)16(19)24/h4-5,7,11,13-15H,6H2,1-3H3/t11-,13-,14-,15-/m1/s1. The van der Waals surface area contributed by atoms with Crippen molar-refractivity contribution < 1.29 is 33.3 Å². The fourth-order valence-corrected chi connectivity index (χ4v) is 2.95. The van der Waals surface area contributed by atoms with Crippen LogP contribution in [0.25, 0.3) is 5.65 Å². The van der Waals surface area contributed by atoms with E-state index in [4.69, 9.17) is 18.9 Å². The molecule has 12 heteroatoms. The molecule has 0 aliphatic carbocycles. The maximum Gasteiger partial charge on any atom is 0.337 e. The second-order valence-electron chi connectivity index (χ2n) is 6.08. The number of carbonyl (C=O) groups excluding carboxylic acids is 3. The highest BCUT2D eigenvalue weighted by Crippen LogP contribution is 2.33. The summed E-state index contributed by atoms with van der Waals surface area (Å²) in [5, 5.41) is 7.44. The molecule has 3 rings (SSSR count). The Morgan fingerprint density at radius 1 is 1.11 bits per heavy atom. The van der Waals surface area contributed by atoms with E-state index >= 15 is 0 Å². The normalized spacial score (nSPS) is 24.1. The van der Waals surface area contributed by atoms with Gasteiger partial charge in [-0.05, 0) is 6.07 Å². The fourth-order valence-electron chi connectivity index (χ4n) is 2.95. The van der Waals surface area contributed by atoms with Gasteiger partial charge in [0, 0.05) is 27.0 Å². The molecule has 1 aliphatic rings. The van der Waals surface area contributed by atoms with Crippen LogP contribution >= 0.6 is 0 Å². The summed E-state index contributed by atoms with van der Waals surface area (Å²) >= 11 is 0. The van der Waals surface area contributed by atoms with Crippen LogP contribution in [0.15, 0.2) is 23.4 Å². The minimum atomic E-state index is -1.14. The summed E-state index contributed by atoms with van der Waals surface area (Å²) in [6, 6.07) is 1.52. The molecule has 12 nitrogen and oxygen atoms in total. The van der Waals surface area contributed by atoms with E-state index in [1.54, 1.807) is 0 Å². The van der Waals surface area contributed by atoms with E-state index in [0.717, 1.165) is 4.57 Å². The van der Waals surface area contributed by atoms with Crippen LogP contribution in [0.2, 0.25) is 0 Å². The van der Waals surface area contributed by atoms with Gasteiger partial charge in [-0.2, -0.15) is 0 Å². The lowest BCUT2D eigenvalue weighted by atomic mass is 10.1. The molecule has 28 heavy (non-hydrogen) atoms. The summed E-state index contributed by atoms with van der Waals surface area (Å²) in [6.07, 6.45) is -1.70. The molecule has 0 amide bonds. The third kappa shape index (κ3) is 3.86. The number of esters is 3. The second kappa shape index (κ2) is 7.76. The van der Waals surface area contributed by atoms with Crippen molar-refractivity contribution in [3.63, 3.8) is 0 Å². The SMILES string of the molecule is CC(=O)OC[C@H]1O[C@@H](n2ccc3nncn3c2=O)[C@H](OC(C)=O)[C@@H]1OC(C)=O. The summed E-state index contributed by atoms with van der Waals surface area (Å²) in [5.74, 6) is -1.89. The zero-order chi connectivity index (χ0) is 20.4. The summed E-state index contributed by atoms with van der Waals surface area (Å²) < 4.78 is 23.6. The molecule has 4 atom stereocenters. The van der Waals surface area contributed by atoms with Gasteiger partial charge in [-0.1, -0.05) is 0 Å². The molecule has 1 aliphatic heterocycles. The summed E-state index contributed by atoms with van der Waals surface area (Å²) in [7, 11) is 0. The topological polar surface area (TPSA) is 140 Å². The molecular formula is C16H18N4O8. The molecular weight excluding hydrogens is 376 g/mol. The number of hydrogen-bond acceptors (Lipinski definition) is 10. The average molecular weight is 394 g/mol. The molecule has 0 radical (unpaired) electrons. The number of hydrogen-bond donors (Lipinski definition) is 0. The Labute approximate surface area is 157 Å². The zero-order valence-electron chi connectivity index (χ0n) is 15.3. The number of aromatic nitrogens is 4. The van der Waals surface area contributed by atoms with Crippen molar-refractivity contribution in [2.45, 2.75) is 45.3 Å². The predicted molar refractivity (Wildman–Crippen MR) is 88.9 cm³/mol. The van der Waals surface area contributed by atoms with Crippen molar-refractivity contribution in [2.75, 3.05) is 6.61 Å². The van der Waals surface area contributed by atoms with Crippen LogP contribution < -0.4 is 5.69 Å². The van der Waals surface area contributed by atoms with Crippen molar-refractivity contribution in [1.82, 2.24) is 19.2 Å². The van der Waals surface area contributed by atoms with Gasteiger partial charge in [0.2, 0.25) is 0 Å². The van der Waals surface area contributed by atoms with Gasteiger partial charge in [-0.25, -0.2) is 9.20 Å². The highest BCUT2D eigenvalue weighted by Gasteiger charge is 2.50. The Bertz CT molecular complexity index is 967. The van der Waals surface area contributed by atoms with Crippen LogP contribution in [-0.4, -0.2) is 62.0 Å². The molecule has 0 spiro atoms. The van der Waals surface area contributed by atoms with Crippen LogP contribution in [0.4, 0.5) is 0 Å². The van der Waals surface area contributed by atoms with Crippen molar-refractivity contribution in [3.8, 4) is 0 Å².